The third kappa shape index (κ3) is 2.70. The lowest BCUT2D eigenvalue weighted by atomic mass is 9.93. The van der Waals surface area contributed by atoms with Gasteiger partial charge in [0.25, 0.3) is 6.43 Å². The molecule has 1 unspecified atom stereocenters. The van der Waals surface area contributed by atoms with Gasteiger partial charge < -0.3 is 10.8 Å². The summed E-state index contributed by atoms with van der Waals surface area (Å²) in [5.74, 6) is -0.302. The topological polar surface area (TPSA) is 46.2 Å². The van der Waals surface area contributed by atoms with E-state index in [2.05, 4.69) is 0 Å². The average molecular weight is 229 g/mol. The predicted molar refractivity (Wildman–Crippen MR) is 59.9 cm³/mol. The monoisotopic (exact) mass is 229 g/mol. The van der Waals surface area contributed by atoms with Crippen LogP contribution in [0.1, 0.15) is 42.4 Å². The van der Waals surface area contributed by atoms with Crippen LogP contribution in [-0.2, 0) is 0 Å². The third-order valence-corrected chi connectivity index (χ3v) is 2.68. The third-order valence-electron chi connectivity index (χ3n) is 2.68. The van der Waals surface area contributed by atoms with Crippen LogP contribution in [0.5, 0.6) is 5.75 Å². The molecule has 0 aliphatic carbocycles. The number of halogens is 2. The van der Waals surface area contributed by atoms with E-state index < -0.39 is 6.43 Å². The first kappa shape index (κ1) is 12.9. The van der Waals surface area contributed by atoms with Crippen molar-refractivity contribution in [2.24, 2.45) is 5.73 Å². The van der Waals surface area contributed by atoms with Gasteiger partial charge in [0.15, 0.2) is 0 Å². The SMILES string of the molecule is Cc1cc(C(F)F)c(O)c(C(C)CCN)c1. The van der Waals surface area contributed by atoms with Gasteiger partial charge in [-0.05, 0) is 37.4 Å². The summed E-state index contributed by atoms with van der Waals surface area (Å²) in [6.07, 6.45) is -1.98. The molecule has 0 aromatic heterocycles. The van der Waals surface area contributed by atoms with Crippen LogP contribution in [-0.4, -0.2) is 11.7 Å². The number of aryl methyl sites for hydroxylation is 1. The second-order valence-electron chi connectivity index (χ2n) is 4.07. The normalized spacial score (nSPS) is 13.1. The first-order valence-corrected chi connectivity index (χ1v) is 5.29. The van der Waals surface area contributed by atoms with Crippen molar-refractivity contribution in [1.29, 1.82) is 0 Å². The number of hydrogen-bond donors (Lipinski definition) is 2. The summed E-state index contributed by atoms with van der Waals surface area (Å²) in [5, 5.41) is 9.76. The number of alkyl halides is 2. The number of rotatable bonds is 4. The molecule has 1 aromatic rings. The van der Waals surface area contributed by atoms with Crippen LogP contribution in [0, 0.1) is 6.92 Å². The highest BCUT2D eigenvalue weighted by atomic mass is 19.3. The molecular formula is C12H17F2NO. The molecular weight excluding hydrogens is 212 g/mol. The second kappa shape index (κ2) is 5.25. The van der Waals surface area contributed by atoms with Gasteiger partial charge in [0.1, 0.15) is 5.75 Å². The van der Waals surface area contributed by atoms with E-state index in [0.29, 0.717) is 18.5 Å². The van der Waals surface area contributed by atoms with Crippen LogP contribution < -0.4 is 5.73 Å². The molecule has 0 heterocycles. The summed E-state index contributed by atoms with van der Waals surface area (Å²) >= 11 is 0. The molecule has 0 aliphatic heterocycles. The first-order valence-electron chi connectivity index (χ1n) is 5.29. The summed E-state index contributed by atoms with van der Waals surface area (Å²) in [5.41, 5.74) is 6.42. The molecule has 3 N–H and O–H groups in total. The number of nitrogens with two attached hydrogens (primary N) is 1. The molecule has 0 fully saturated rings. The van der Waals surface area contributed by atoms with Gasteiger partial charge in [-0.2, -0.15) is 0 Å². The number of phenols is 1. The van der Waals surface area contributed by atoms with Gasteiger partial charge in [-0.25, -0.2) is 8.78 Å². The Balaban J connectivity index is 3.18. The quantitative estimate of drug-likeness (QED) is 0.833. The van der Waals surface area contributed by atoms with E-state index in [1.807, 2.05) is 6.92 Å². The summed E-state index contributed by atoms with van der Waals surface area (Å²) in [4.78, 5) is 0. The van der Waals surface area contributed by atoms with Gasteiger partial charge in [0.2, 0.25) is 0 Å². The molecule has 0 spiro atoms. The molecule has 1 aromatic carbocycles. The fourth-order valence-corrected chi connectivity index (χ4v) is 1.78. The Hall–Kier alpha value is -1.16. The van der Waals surface area contributed by atoms with Crippen LogP contribution in [0.25, 0.3) is 0 Å². The van der Waals surface area contributed by atoms with Gasteiger partial charge in [0, 0.05) is 0 Å². The van der Waals surface area contributed by atoms with Crippen molar-refractivity contribution >= 4 is 0 Å². The zero-order valence-electron chi connectivity index (χ0n) is 9.50. The summed E-state index contributed by atoms with van der Waals surface area (Å²) in [6, 6.07) is 3.06. The molecule has 0 radical (unpaired) electrons. The second-order valence-corrected chi connectivity index (χ2v) is 4.07. The van der Waals surface area contributed by atoms with E-state index >= 15 is 0 Å². The fourth-order valence-electron chi connectivity index (χ4n) is 1.78. The molecule has 0 saturated carbocycles. The predicted octanol–water partition coefficient (Wildman–Crippen LogP) is 3.09. The standard InChI is InChI=1S/C12H17F2NO/c1-7-5-9(8(2)3-4-15)11(16)10(6-7)12(13)14/h5-6,8,12,16H,3-4,15H2,1-2H3. The molecule has 1 atom stereocenters. The Bertz CT molecular complexity index is 366. The van der Waals surface area contributed by atoms with E-state index in [9.17, 15) is 13.9 Å². The Morgan fingerprint density at radius 3 is 2.38 bits per heavy atom. The lowest BCUT2D eigenvalue weighted by Crippen LogP contribution is -2.06. The van der Waals surface area contributed by atoms with Crippen LogP contribution in [0.4, 0.5) is 8.78 Å². The maximum absolute atomic E-state index is 12.7. The van der Waals surface area contributed by atoms with E-state index in [4.69, 9.17) is 5.73 Å². The Morgan fingerprint density at radius 1 is 1.31 bits per heavy atom. The minimum Gasteiger partial charge on any atom is -0.507 e. The maximum atomic E-state index is 12.7. The van der Waals surface area contributed by atoms with Crippen molar-refractivity contribution in [3.05, 3.63) is 28.8 Å². The highest BCUT2D eigenvalue weighted by Gasteiger charge is 2.19. The number of benzene rings is 1. The average Bonchev–Trinajstić information content (AvgIpc) is 2.20. The minimum atomic E-state index is -2.65. The molecule has 90 valence electrons. The summed E-state index contributed by atoms with van der Waals surface area (Å²) in [6.45, 7) is 4.08. The van der Waals surface area contributed by atoms with Crippen molar-refractivity contribution in [1.82, 2.24) is 0 Å². The molecule has 16 heavy (non-hydrogen) atoms. The van der Waals surface area contributed by atoms with Crippen LogP contribution >= 0.6 is 0 Å². The Morgan fingerprint density at radius 2 is 1.88 bits per heavy atom. The van der Waals surface area contributed by atoms with Gasteiger partial charge in [-0.1, -0.05) is 18.6 Å². The molecule has 4 heteroatoms. The van der Waals surface area contributed by atoms with Crippen molar-refractivity contribution in [3.63, 3.8) is 0 Å². The minimum absolute atomic E-state index is 0.0117. The highest BCUT2D eigenvalue weighted by molar-refractivity contribution is 5.45. The van der Waals surface area contributed by atoms with Gasteiger partial charge in [-0.15, -0.1) is 0 Å². The molecule has 1 rings (SSSR count). The van der Waals surface area contributed by atoms with Crippen LogP contribution in [0.2, 0.25) is 0 Å². The highest BCUT2D eigenvalue weighted by Crippen LogP contribution is 2.36. The Kier molecular flexibility index (Phi) is 4.24. The molecule has 0 aliphatic rings. The lowest BCUT2D eigenvalue weighted by molar-refractivity contribution is 0.147. The van der Waals surface area contributed by atoms with E-state index in [-0.39, 0.29) is 17.2 Å². The van der Waals surface area contributed by atoms with Crippen LogP contribution in [0.15, 0.2) is 12.1 Å². The smallest absolute Gasteiger partial charge is 0.267 e. The van der Waals surface area contributed by atoms with E-state index in [1.165, 1.54) is 6.07 Å². The summed E-state index contributed by atoms with van der Waals surface area (Å²) < 4.78 is 25.3. The molecule has 0 bridgehead atoms. The number of hydrogen-bond acceptors (Lipinski definition) is 2. The van der Waals surface area contributed by atoms with Gasteiger partial charge in [0.05, 0.1) is 5.56 Å². The lowest BCUT2D eigenvalue weighted by Gasteiger charge is -2.16. The number of phenolic OH excluding ortho intramolecular Hbond substituents is 1. The molecule has 0 amide bonds. The fraction of sp³-hybridized carbons (Fsp3) is 0.500. The first-order chi connectivity index (χ1) is 7.47. The molecule has 0 saturated heterocycles. The van der Waals surface area contributed by atoms with Crippen molar-refractivity contribution in [3.8, 4) is 5.75 Å². The summed E-state index contributed by atoms with van der Waals surface area (Å²) in [7, 11) is 0. The maximum Gasteiger partial charge on any atom is 0.267 e. The van der Waals surface area contributed by atoms with E-state index in [0.717, 1.165) is 5.56 Å². The zero-order chi connectivity index (χ0) is 12.3. The van der Waals surface area contributed by atoms with Crippen LogP contribution in [0.3, 0.4) is 0 Å². The largest absolute Gasteiger partial charge is 0.507 e. The van der Waals surface area contributed by atoms with E-state index in [1.54, 1.807) is 13.0 Å². The van der Waals surface area contributed by atoms with Crippen molar-refractivity contribution in [2.45, 2.75) is 32.6 Å². The van der Waals surface area contributed by atoms with Gasteiger partial charge in [-0.3, -0.25) is 0 Å². The van der Waals surface area contributed by atoms with Crippen molar-refractivity contribution < 1.29 is 13.9 Å². The zero-order valence-corrected chi connectivity index (χ0v) is 9.50. The van der Waals surface area contributed by atoms with Crippen molar-refractivity contribution in [2.75, 3.05) is 6.54 Å². The molecule has 2 nitrogen and oxygen atoms in total. The van der Waals surface area contributed by atoms with Gasteiger partial charge >= 0.3 is 0 Å². The Labute approximate surface area is 94.1 Å². The number of aromatic hydroxyl groups is 1.